The Balaban J connectivity index is 2.12. The SMILES string of the molecule is OCCN(Cc1cccs1)Cc1c(F)cccc1Cl. The monoisotopic (exact) mass is 299 g/mol. The molecule has 2 nitrogen and oxygen atoms in total. The molecule has 1 aromatic carbocycles. The first-order valence-electron chi connectivity index (χ1n) is 5.99. The van der Waals surface area contributed by atoms with Gasteiger partial charge in [-0.25, -0.2) is 4.39 Å². The van der Waals surface area contributed by atoms with E-state index >= 15 is 0 Å². The van der Waals surface area contributed by atoms with Crippen LogP contribution in [0.1, 0.15) is 10.4 Å². The minimum absolute atomic E-state index is 0.0391. The first kappa shape index (κ1) is 14.5. The molecule has 0 radical (unpaired) electrons. The smallest absolute Gasteiger partial charge is 0.129 e. The maximum absolute atomic E-state index is 13.8. The third-order valence-corrected chi connectivity index (χ3v) is 4.03. The molecule has 0 unspecified atom stereocenters. The zero-order chi connectivity index (χ0) is 13.7. The highest BCUT2D eigenvalue weighted by Crippen LogP contribution is 2.22. The highest BCUT2D eigenvalue weighted by Gasteiger charge is 2.13. The van der Waals surface area contributed by atoms with Crippen molar-refractivity contribution < 1.29 is 9.50 Å². The second-order valence-electron chi connectivity index (χ2n) is 4.21. The fourth-order valence-corrected chi connectivity index (χ4v) is 2.85. The molecule has 19 heavy (non-hydrogen) atoms. The van der Waals surface area contributed by atoms with Gasteiger partial charge in [0.2, 0.25) is 0 Å². The van der Waals surface area contributed by atoms with Gasteiger partial charge in [-0.2, -0.15) is 0 Å². The molecule has 102 valence electrons. The maximum Gasteiger partial charge on any atom is 0.129 e. The average Bonchev–Trinajstić information content (AvgIpc) is 2.87. The predicted molar refractivity (Wildman–Crippen MR) is 76.9 cm³/mol. The van der Waals surface area contributed by atoms with E-state index < -0.39 is 0 Å². The van der Waals surface area contributed by atoms with Crippen molar-refractivity contribution >= 4 is 22.9 Å². The van der Waals surface area contributed by atoms with Crippen LogP contribution in [0, 0.1) is 5.82 Å². The van der Waals surface area contributed by atoms with Gasteiger partial charge in [0.25, 0.3) is 0 Å². The average molecular weight is 300 g/mol. The molecule has 0 aliphatic heterocycles. The van der Waals surface area contributed by atoms with Gasteiger partial charge in [0, 0.05) is 35.1 Å². The Hall–Kier alpha value is -0.940. The van der Waals surface area contributed by atoms with Crippen LogP contribution in [0.4, 0.5) is 4.39 Å². The third-order valence-electron chi connectivity index (χ3n) is 2.82. The van der Waals surface area contributed by atoms with E-state index in [1.807, 2.05) is 22.4 Å². The summed E-state index contributed by atoms with van der Waals surface area (Å²) in [5, 5.41) is 11.5. The van der Waals surface area contributed by atoms with Gasteiger partial charge in [-0.15, -0.1) is 11.3 Å². The highest BCUT2D eigenvalue weighted by atomic mass is 35.5. The quantitative estimate of drug-likeness (QED) is 0.882. The number of rotatable bonds is 6. The van der Waals surface area contributed by atoms with Gasteiger partial charge in [-0.3, -0.25) is 4.90 Å². The Kier molecular flexibility index (Phi) is 5.34. The van der Waals surface area contributed by atoms with Crippen LogP contribution in [0.5, 0.6) is 0 Å². The normalized spacial score (nSPS) is 11.2. The number of aliphatic hydroxyl groups is 1. The fourth-order valence-electron chi connectivity index (χ4n) is 1.89. The van der Waals surface area contributed by atoms with Crippen LogP contribution in [0.2, 0.25) is 5.02 Å². The van der Waals surface area contributed by atoms with Crippen LogP contribution in [0.15, 0.2) is 35.7 Å². The number of aliphatic hydroxyl groups excluding tert-OH is 1. The summed E-state index contributed by atoms with van der Waals surface area (Å²) in [6.07, 6.45) is 0. The molecule has 1 N–H and O–H groups in total. The molecule has 0 aliphatic carbocycles. The van der Waals surface area contributed by atoms with E-state index in [1.165, 1.54) is 10.9 Å². The predicted octanol–water partition coefficient (Wildman–Crippen LogP) is 3.54. The van der Waals surface area contributed by atoms with Crippen molar-refractivity contribution in [2.75, 3.05) is 13.2 Å². The van der Waals surface area contributed by atoms with Gasteiger partial charge in [0.15, 0.2) is 0 Å². The summed E-state index contributed by atoms with van der Waals surface area (Å²) in [6, 6.07) is 8.69. The van der Waals surface area contributed by atoms with E-state index in [-0.39, 0.29) is 12.4 Å². The molecule has 0 saturated heterocycles. The fraction of sp³-hybridized carbons (Fsp3) is 0.286. The summed E-state index contributed by atoms with van der Waals surface area (Å²) in [5.41, 5.74) is 0.481. The molecule has 0 atom stereocenters. The number of halogens is 2. The molecule has 1 aromatic heterocycles. The Morgan fingerprint density at radius 2 is 2.05 bits per heavy atom. The lowest BCUT2D eigenvalue weighted by molar-refractivity contribution is 0.184. The number of nitrogens with zero attached hydrogens (tertiary/aromatic N) is 1. The molecule has 5 heteroatoms. The second-order valence-corrected chi connectivity index (χ2v) is 5.65. The molecular weight excluding hydrogens is 285 g/mol. The molecule has 0 saturated carbocycles. The zero-order valence-electron chi connectivity index (χ0n) is 10.4. The number of hydrogen-bond acceptors (Lipinski definition) is 3. The van der Waals surface area contributed by atoms with Crippen LogP contribution in [0.3, 0.4) is 0 Å². The van der Waals surface area contributed by atoms with E-state index in [0.29, 0.717) is 30.2 Å². The largest absolute Gasteiger partial charge is 0.395 e. The Bertz CT molecular complexity index is 498. The van der Waals surface area contributed by atoms with Crippen LogP contribution < -0.4 is 0 Å². The molecule has 0 amide bonds. The number of thiophene rings is 1. The molecular formula is C14H15ClFNOS. The van der Waals surface area contributed by atoms with Crippen LogP contribution in [-0.4, -0.2) is 23.2 Å². The highest BCUT2D eigenvalue weighted by molar-refractivity contribution is 7.09. The van der Waals surface area contributed by atoms with Gasteiger partial charge < -0.3 is 5.11 Å². The van der Waals surface area contributed by atoms with Gasteiger partial charge in [0.05, 0.1) is 6.61 Å². The van der Waals surface area contributed by atoms with Crippen molar-refractivity contribution in [3.63, 3.8) is 0 Å². The Labute approximate surface area is 121 Å². The summed E-state index contributed by atoms with van der Waals surface area (Å²) in [4.78, 5) is 3.16. The number of benzene rings is 1. The maximum atomic E-state index is 13.8. The van der Waals surface area contributed by atoms with E-state index in [2.05, 4.69) is 0 Å². The topological polar surface area (TPSA) is 23.5 Å². The van der Waals surface area contributed by atoms with Crippen molar-refractivity contribution in [1.82, 2.24) is 4.90 Å². The van der Waals surface area contributed by atoms with Crippen molar-refractivity contribution in [2.45, 2.75) is 13.1 Å². The lowest BCUT2D eigenvalue weighted by Gasteiger charge is -2.21. The summed E-state index contributed by atoms with van der Waals surface area (Å²) >= 11 is 7.68. The van der Waals surface area contributed by atoms with E-state index in [9.17, 15) is 4.39 Å². The summed E-state index contributed by atoms with van der Waals surface area (Å²) < 4.78 is 13.8. The molecule has 2 rings (SSSR count). The lowest BCUT2D eigenvalue weighted by Crippen LogP contribution is -2.26. The summed E-state index contributed by atoms with van der Waals surface area (Å²) in [7, 11) is 0. The molecule has 0 aliphatic rings. The molecule has 2 aromatic rings. The van der Waals surface area contributed by atoms with Gasteiger partial charge in [-0.05, 0) is 23.6 Å². The Morgan fingerprint density at radius 3 is 2.68 bits per heavy atom. The van der Waals surface area contributed by atoms with E-state index in [1.54, 1.807) is 23.5 Å². The van der Waals surface area contributed by atoms with Gasteiger partial charge in [-0.1, -0.05) is 23.7 Å². The first-order valence-corrected chi connectivity index (χ1v) is 7.25. The minimum Gasteiger partial charge on any atom is -0.395 e. The minimum atomic E-state index is -0.304. The summed E-state index contributed by atoms with van der Waals surface area (Å²) in [5.74, 6) is -0.304. The molecule has 0 spiro atoms. The van der Waals surface area contributed by atoms with Crippen LogP contribution in [-0.2, 0) is 13.1 Å². The first-order chi connectivity index (χ1) is 9.20. The van der Waals surface area contributed by atoms with Crippen molar-refractivity contribution in [2.24, 2.45) is 0 Å². The lowest BCUT2D eigenvalue weighted by atomic mass is 10.2. The Morgan fingerprint density at radius 1 is 1.21 bits per heavy atom. The summed E-state index contributed by atoms with van der Waals surface area (Å²) in [6.45, 7) is 1.60. The molecule has 0 fully saturated rings. The van der Waals surface area contributed by atoms with Crippen LogP contribution in [0.25, 0.3) is 0 Å². The van der Waals surface area contributed by atoms with E-state index in [0.717, 1.165) is 0 Å². The third kappa shape index (κ3) is 4.01. The molecule has 0 bridgehead atoms. The van der Waals surface area contributed by atoms with Crippen molar-refractivity contribution in [1.29, 1.82) is 0 Å². The van der Waals surface area contributed by atoms with Gasteiger partial charge >= 0.3 is 0 Å². The number of hydrogen-bond donors (Lipinski definition) is 1. The van der Waals surface area contributed by atoms with Gasteiger partial charge in [0.1, 0.15) is 5.82 Å². The van der Waals surface area contributed by atoms with E-state index in [4.69, 9.17) is 16.7 Å². The second kappa shape index (κ2) is 7.01. The molecule has 1 heterocycles. The standard InChI is InChI=1S/C14H15ClFNOS/c15-13-4-1-5-14(16)12(13)10-17(6-7-18)9-11-3-2-8-19-11/h1-5,8,18H,6-7,9-10H2. The van der Waals surface area contributed by atoms with Crippen LogP contribution >= 0.6 is 22.9 Å². The zero-order valence-corrected chi connectivity index (χ0v) is 11.9. The van der Waals surface area contributed by atoms with Crippen molar-refractivity contribution in [3.05, 3.63) is 57.0 Å². The van der Waals surface area contributed by atoms with Crippen molar-refractivity contribution in [3.8, 4) is 0 Å².